The molecule has 0 saturated carbocycles. The molecular formula is C12H11N3S. The first-order valence-corrected chi connectivity index (χ1v) is 5.99. The summed E-state index contributed by atoms with van der Waals surface area (Å²) in [7, 11) is 0. The van der Waals surface area contributed by atoms with Crippen LogP contribution in [0.3, 0.4) is 0 Å². The van der Waals surface area contributed by atoms with Gasteiger partial charge >= 0.3 is 0 Å². The van der Waals surface area contributed by atoms with Gasteiger partial charge in [0.1, 0.15) is 10.7 Å². The summed E-state index contributed by atoms with van der Waals surface area (Å²) in [4.78, 5) is 9.03. The van der Waals surface area contributed by atoms with Gasteiger partial charge in [0.15, 0.2) is 0 Å². The van der Waals surface area contributed by atoms with Crippen LogP contribution in [0.5, 0.6) is 0 Å². The normalized spacial score (nSPS) is 11.1. The van der Waals surface area contributed by atoms with E-state index in [9.17, 15) is 0 Å². The highest BCUT2D eigenvalue weighted by molar-refractivity contribution is 7.13. The fourth-order valence-corrected chi connectivity index (χ4v) is 2.60. The summed E-state index contributed by atoms with van der Waals surface area (Å²) in [6.45, 7) is 4.01. The zero-order valence-corrected chi connectivity index (χ0v) is 9.95. The summed E-state index contributed by atoms with van der Waals surface area (Å²) in [6, 6.07) is 4.10. The van der Waals surface area contributed by atoms with Crippen LogP contribution in [0.15, 0.2) is 29.9 Å². The van der Waals surface area contributed by atoms with E-state index in [1.165, 1.54) is 0 Å². The number of rotatable bonds is 1. The third-order valence-electron chi connectivity index (χ3n) is 2.45. The van der Waals surface area contributed by atoms with E-state index < -0.39 is 0 Å². The molecule has 0 saturated heterocycles. The van der Waals surface area contributed by atoms with Gasteiger partial charge in [0.25, 0.3) is 0 Å². The summed E-state index contributed by atoms with van der Waals surface area (Å²) in [5.74, 6) is 0. The SMILES string of the molecule is Cc1csc(-c2cccn3cc(C)nc23)n1. The first kappa shape index (κ1) is 9.54. The molecule has 0 aliphatic carbocycles. The monoisotopic (exact) mass is 229 g/mol. The van der Waals surface area contributed by atoms with Crippen LogP contribution in [-0.2, 0) is 0 Å². The Labute approximate surface area is 97.4 Å². The lowest BCUT2D eigenvalue weighted by molar-refractivity contribution is 1.18. The summed E-state index contributed by atoms with van der Waals surface area (Å²) < 4.78 is 2.04. The van der Waals surface area contributed by atoms with Crippen molar-refractivity contribution in [2.75, 3.05) is 0 Å². The number of aromatic nitrogens is 3. The van der Waals surface area contributed by atoms with Crippen molar-refractivity contribution < 1.29 is 0 Å². The minimum absolute atomic E-state index is 0.981. The highest BCUT2D eigenvalue weighted by Crippen LogP contribution is 2.26. The number of imidazole rings is 1. The van der Waals surface area contributed by atoms with E-state index >= 15 is 0 Å². The van der Waals surface area contributed by atoms with Crippen molar-refractivity contribution in [3.05, 3.63) is 41.3 Å². The highest BCUT2D eigenvalue weighted by Gasteiger charge is 2.09. The molecule has 0 aliphatic rings. The Morgan fingerprint density at radius 1 is 1.19 bits per heavy atom. The zero-order chi connectivity index (χ0) is 11.1. The second-order valence-corrected chi connectivity index (χ2v) is 4.69. The van der Waals surface area contributed by atoms with Gasteiger partial charge in [-0.3, -0.25) is 0 Å². The molecule has 3 rings (SSSR count). The summed E-state index contributed by atoms with van der Waals surface area (Å²) in [5.41, 5.74) is 4.18. The maximum absolute atomic E-state index is 4.53. The lowest BCUT2D eigenvalue weighted by atomic mass is 10.3. The number of aryl methyl sites for hydroxylation is 2. The van der Waals surface area contributed by atoms with E-state index in [0.29, 0.717) is 0 Å². The summed E-state index contributed by atoms with van der Waals surface area (Å²) in [5, 5.41) is 3.10. The van der Waals surface area contributed by atoms with Gasteiger partial charge in [-0.15, -0.1) is 11.3 Å². The van der Waals surface area contributed by atoms with Crippen molar-refractivity contribution >= 4 is 17.0 Å². The van der Waals surface area contributed by atoms with Crippen LogP contribution in [0.25, 0.3) is 16.2 Å². The zero-order valence-electron chi connectivity index (χ0n) is 9.14. The number of nitrogens with zero attached hydrogens (tertiary/aromatic N) is 3. The molecular weight excluding hydrogens is 218 g/mol. The second-order valence-electron chi connectivity index (χ2n) is 3.83. The minimum Gasteiger partial charge on any atom is -0.306 e. The Balaban J connectivity index is 2.30. The van der Waals surface area contributed by atoms with Crippen LogP contribution in [-0.4, -0.2) is 14.4 Å². The smallest absolute Gasteiger partial charge is 0.147 e. The average Bonchev–Trinajstić information content (AvgIpc) is 2.82. The van der Waals surface area contributed by atoms with E-state index in [1.54, 1.807) is 11.3 Å². The topological polar surface area (TPSA) is 30.2 Å². The molecule has 3 aromatic rings. The molecule has 3 nitrogen and oxygen atoms in total. The predicted octanol–water partition coefficient (Wildman–Crippen LogP) is 3.07. The van der Waals surface area contributed by atoms with Gasteiger partial charge in [-0.25, -0.2) is 9.97 Å². The van der Waals surface area contributed by atoms with Crippen LogP contribution in [0.1, 0.15) is 11.4 Å². The van der Waals surface area contributed by atoms with Gasteiger partial charge in [0.2, 0.25) is 0 Å². The molecule has 0 spiro atoms. The maximum Gasteiger partial charge on any atom is 0.147 e. The predicted molar refractivity (Wildman–Crippen MR) is 65.8 cm³/mol. The number of thiazole rings is 1. The molecule has 0 fully saturated rings. The van der Waals surface area contributed by atoms with Crippen molar-refractivity contribution in [2.45, 2.75) is 13.8 Å². The standard InChI is InChI=1S/C12H11N3S/c1-8-6-15-5-3-4-10(11(15)13-8)12-14-9(2)7-16-12/h3-7H,1-2H3. The Morgan fingerprint density at radius 3 is 2.81 bits per heavy atom. The molecule has 0 unspecified atom stereocenters. The molecule has 3 aromatic heterocycles. The van der Waals surface area contributed by atoms with Crippen molar-refractivity contribution in [1.82, 2.24) is 14.4 Å². The Bertz CT molecular complexity index is 651. The largest absolute Gasteiger partial charge is 0.306 e. The molecule has 16 heavy (non-hydrogen) atoms. The number of pyridine rings is 1. The average molecular weight is 229 g/mol. The molecule has 0 amide bonds. The molecule has 0 bridgehead atoms. The van der Waals surface area contributed by atoms with Crippen molar-refractivity contribution in [3.63, 3.8) is 0 Å². The van der Waals surface area contributed by atoms with Crippen LogP contribution < -0.4 is 0 Å². The number of hydrogen-bond donors (Lipinski definition) is 0. The van der Waals surface area contributed by atoms with Crippen LogP contribution in [0.2, 0.25) is 0 Å². The third-order valence-corrected chi connectivity index (χ3v) is 3.45. The molecule has 0 radical (unpaired) electrons. The lowest BCUT2D eigenvalue weighted by Gasteiger charge is -1.98. The first-order valence-electron chi connectivity index (χ1n) is 5.11. The first-order chi connectivity index (χ1) is 7.74. The highest BCUT2D eigenvalue weighted by atomic mass is 32.1. The molecule has 80 valence electrons. The van der Waals surface area contributed by atoms with Crippen molar-refractivity contribution in [2.24, 2.45) is 0 Å². The van der Waals surface area contributed by atoms with Gasteiger partial charge in [0, 0.05) is 23.5 Å². The summed E-state index contributed by atoms with van der Waals surface area (Å²) >= 11 is 1.66. The van der Waals surface area contributed by atoms with Gasteiger partial charge in [-0.2, -0.15) is 0 Å². The van der Waals surface area contributed by atoms with E-state index in [2.05, 4.69) is 21.4 Å². The molecule has 3 heterocycles. The van der Waals surface area contributed by atoms with Crippen molar-refractivity contribution in [3.8, 4) is 10.6 Å². The summed E-state index contributed by atoms with van der Waals surface area (Å²) in [6.07, 6.45) is 4.04. The van der Waals surface area contributed by atoms with Crippen molar-refractivity contribution in [1.29, 1.82) is 0 Å². The minimum atomic E-state index is 0.981. The van der Waals surface area contributed by atoms with Crippen LogP contribution in [0.4, 0.5) is 0 Å². The quantitative estimate of drug-likeness (QED) is 0.642. The van der Waals surface area contributed by atoms with Gasteiger partial charge < -0.3 is 4.40 Å². The Kier molecular flexibility index (Phi) is 2.04. The Hall–Kier alpha value is -1.68. The molecule has 0 aromatic carbocycles. The van der Waals surface area contributed by atoms with Gasteiger partial charge in [0.05, 0.1) is 11.3 Å². The van der Waals surface area contributed by atoms with Gasteiger partial charge in [-0.1, -0.05) is 0 Å². The van der Waals surface area contributed by atoms with E-state index in [4.69, 9.17) is 0 Å². The number of fused-ring (bicyclic) bond motifs is 1. The molecule has 0 N–H and O–H groups in total. The third kappa shape index (κ3) is 1.42. The maximum atomic E-state index is 4.53. The second kappa shape index (κ2) is 3.42. The molecule has 0 aliphatic heterocycles. The van der Waals surface area contributed by atoms with Crippen LogP contribution in [0, 0.1) is 13.8 Å². The van der Waals surface area contributed by atoms with E-state index in [1.807, 2.05) is 36.7 Å². The van der Waals surface area contributed by atoms with Crippen LogP contribution >= 0.6 is 11.3 Å². The number of hydrogen-bond acceptors (Lipinski definition) is 3. The molecule has 0 atom stereocenters. The Morgan fingerprint density at radius 2 is 2.06 bits per heavy atom. The fraction of sp³-hybridized carbons (Fsp3) is 0.167. The van der Waals surface area contributed by atoms with E-state index in [0.717, 1.165) is 27.6 Å². The van der Waals surface area contributed by atoms with Gasteiger partial charge in [-0.05, 0) is 26.0 Å². The fourth-order valence-electron chi connectivity index (χ4n) is 1.78. The lowest BCUT2D eigenvalue weighted by Crippen LogP contribution is -1.86. The van der Waals surface area contributed by atoms with E-state index in [-0.39, 0.29) is 0 Å². The molecule has 4 heteroatoms.